The zero-order valence-corrected chi connectivity index (χ0v) is 56.3. The molecule has 3 rings (SSSR count). The van der Waals surface area contributed by atoms with Gasteiger partial charge in [-0.15, -0.1) is 0 Å². The number of ether oxygens (including phenoxy) is 10. The van der Waals surface area contributed by atoms with Crippen LogP contribution in [0.1, 0.15) is 181 Å². The van der Waals surface area contributed by atoms with Crippen molar-refractivity contribution in [3.8, 4) is 0 Å². The van der Waals surface area contributed by atoms with Crippen LogP contribution in [0, 0.1) is 33.5 Å². The van der Waals surface area contributed by atoms with Crippen LogP contribution in [0.5, 0.6) is 0 Å². The van der Waals surface area contributed by atoms with Gasteiger partial charge in [-0.05, 0) is 163 Å². The van der Waals surface area contributed by atoms with E-state index in [-0.39, 0.29) is 134 Å². The molecule has 0 aromatic heterocycles. The molecule has 2 saturated carbocycles. The number of hydrogen-bond acceptors (Lipinski definition) is 20. The van der Waals surface area contributed by atoms with Crippen molar-refractivity contribution in [1.29, 1.82) is 0 Å². The lowest BCUT2D eigenvalue weighted by Crippen LogP contribution is -2.50. The Kier molecular flexibility index (Phi) is 32.0. The van der Waals surface area contributed by atoms with Crippen molar-refractivity contribution >= 4 is 60.2 Å². The molecular weight excluding hydrogens is 1190 g/mol. The molecule has 24 heteroatoms. The van der Waals surface area contributed by atoms with Gasteiger partial charge in [-0.25, -0.2) is 47.9 Å². The molecule has 0 heterocycles. The van der Waals surface area contributed by atoms with Gasteiger partial charge in [0.1, 0.15) is 26.4 Å². The van der Waals surface area contributed by atoms with E-state index in [9.17, 15) is 47.9 Å². The molecule has 4 amide bonds. The van der Waals surface area contributed by atoms with Crippen molar-refractivity contribution in [3.05, 3.63) is 84.0 Å². The van der Waals surface area contributed by atoms with Gasteiger partial charge in [0, 0.05) is 47.5 Å². The Labute approximate surface area is 542 Å². The average molecular weight is 1300 g/mol. The zero-order valence-electron chi connectivity index (χ0n) is 56.3. The smallest absolute Gasteiger partial charge is 0.407 e. The molecule has 0 aliphatic heterocycles. The second kappa shape index (κ2) is 37.6. The molecule has 514 valence electrons. The number of alkyl carbamates (subject to hydrolysis) is 4. The summed E-state index contributed by atoms with van der Waals surface area (Å²) in [4.78, 5) is 125. The number of carbonyl (C=O) groups is 10. The minimum absolute atomic E-state index is 0.150. The van der Waals surface area contributed by atoms with Gasteiger partial charge in [-0.2, -0.15) is 0 Å². The molecule has 92 heavy (non-hydrogen) atoms. The fraction of sp³-hybridized carbons (Fsp3) is 0.647. The third-order valence-electron chi connectivity index (χ3n) is 15.6. The van der Waals surface area contributed by atoms with Crippen molar-refractivity contribution in [2.75, 3.05) is 65.9 Å². The molecule has 2 aliphatic rings. The van der Waals surface area contributed by atoms with Gasteiger partial charge in [0.2, 0.25) is 0 Å². The van der Waals surface area contributed by atoms with E-state index >= 15 is 0 Å². The van der Waals surface area contributed by atoms with Gasteiger partial charge in [0.15, 0.2) is 12.2 Å². The van der Waals surface area contributed by atoms with Crippen molar-refractivity contribution in [3.63, 3.8) is 0 Å². The second-order valence-electron chi connectivity index (χ2n) is 27.3. The van der Waals surface area contributed by atoms with Crippen LogP contribution in [0.2, 0.25) is 0 Å². The fourth-order valence-corrected chi connectivity index (χ4v) is 11.6. The van der Waals surface area contributed by atoms with E-state index in [0.29, 0.717) is 64.2 Å². The minimum atomic E-state index is -1.09. The van der Waals surface area contributed by atoms with Crippen LogP contribution in [0.3, 0.4) is 0 Å². The SMILES string of the molecule is C=C(C)C(=O)OCC(COC(=O)C(=C)C)OC(=O)NCC1(C)CC(NC(=O)OCCCC(C)CCOC(=O)c2ccc(C(=O)OCCCC(C)CCOC(=O)NC3CC(C)(C)CC(C)(CNC(=O)OC(COC(=O)C(=C)C)COC(=O)C(=C)C)C3)cc2)CC(C)(C)C1. The Morgan fingerprint density at radius 2 is 0.739 bits per heavy atom. The summed E-state index contributed by atoms with van der Waals surface area (Å²) in [6.45, 7) is 36.2. The van der Waals surface area contributed by atoms with Crippen LogP contribution in [0.4, 0.5) is 19.2 Å². The molecule has 1 aromatic carbocycles. The Hall–Kier alpha value is -7.92. The van der Waals surface area contributed by atoms with Gasteiger partial charge >= 0.3 is 60.2 Å². The van der Waals surface area contributed by atoms with Crippen molar-refractivity contribution in [2.24, 2.45) is 33.5 Å². The fourth-order valence-electron chi connectivity index (χ4n) is 11.6. The number of nitrogens with one attached hydrogen (secondary N) is 4. The molecule has 6 unspecified atom stereocenters. The lowest BCUT2D eigenvalue weighted by Gasteiger charge is -2.46. The summed E-state index contributed by atoms with van der Waals surface area (Å²) >= 11 is 0. The Balaban J connectivity index is 1.30. The lowest BCUT2D eigenvalue weighted by atomic mass is 9.62. The van der Waals surface area contributed by atoms with Gasteiger partial charge in [0.25, 0.3) is 0 Å². The van der Waals surface area contributed by atoms with Crippen LogP contribution in [0.25, 0.3) is 0 Å². The van der Waals surface area contributed by atoms with Crippen molar-refractivity contribution in [2.45, 2.75) is 184 Å². The Morgan fingerprint density at radius 1 is 0.435 bits per heavy atom. The molecule has 2 aliphatic carbocycles. The highest BCUT2D eigenvalue weighted by atomic mass is 16.6. The molecule has 0 spiro atoms. The summed E-state index contributed by atoms with van der Waals surface area (Å²) in [5.41, 5.74) is -0.103. The number of rotatable bonds is 36. The number of esters is 6. The van der Waals surface area contributed by atoms with Crippen LogP contribution >= 0.6 is 0 Å². The predicted molar refractivity (Wildman–Crippen MR) is 341 cm³/mol. The summed E-state index contributed by atoms with van der Waals surface area (Å²) < 4.78 is 53.6. The molecule has 1 aromatic rings. The molecule has 2 fully saturated rings. The van der Waals surface area contributed by atoms with Crippen LogP contribution in [0.15, 0.2) is 72.9 Å². The van der Waals surface area contributed by atoms with Crippen LogP contribution in [-0.4, -0.2) is 150 Å². The van der Waals surface area contributed by atoms with Gasteiger partial charge in [0.05, 0.1) is 37.6 Å². The third-order valence-corrected chi connectivity index (χ3v) is 15.6. The van der Waals surface area contributed by atoms with Gasteiger partial charge in [-0.3, -0.25) is 0 Å². The van der Waals surface area contributed by atoms with E-state index in [0.717, 1.165) is 12.8 Å². The molecular formula is C68H102N4O20. The summed E-state index contributed by atoms with van der Waals surface area (Å²) in [6, 6.07) is 5.57. The number of hydrogen-bond donors (Lipinski definition) is 4. The lowest BCUT2D eigenvalue weighted by molar-refractivity contribution is -0.149. The Morgan fingerprint density at radius 3 is 1.08 bits per heavy atom. The summed E-state index contributed by atoms with van der Waals surface area (Å²) in [5, 5.41) is 11.6. The number of benzene rings is 1. The topological polar surface area (TPSA) is 311 Å². The standard InChI is InChI=1S/C68H102N4O20/c1-43(2)55(73)87-35-53(36-88-56(74)44(3)4)91-61(79)69-41-67(15)33-51(31-65(11,12)39-67)71-63(81)85-28-18-20-47(9)25-29-84-60(78)50-23-21-49(22-24-50)59(77)83-27-17-19-48(10)26-30-86-64(82)72-52-32-66(13,14)40-68(16,34-52)42-70-62(80)92-54(37-89-57(75)45(5)6)38-90-58(76)46(7)8/h21-24,47-48,51-54H,1,3,5,7,17-20,25-42H2,2,4,6,8-16H3,(H,69,79)(H,70,80)(H,71,81)(H,72,82). The van der Waals surface area contributed by atoms with Gasteiger partial charge < -0.3 is 68.6 Å². The molecule has 24 nitrogen and oxygen atoms in total. The second-order valence-corrected chi connectivity index (χ2v) is 27.3. The summed E-state index contributed by atoms with van der Waals surface area (Å²) in [7, 11) is 0. The van der Waals surface area contributed by atoms with Crippen LogP contribution in [-0.2, 0) is 66.5 Å². The minimum Gasteiger partial charge on any atom is -0.462 e. The molecule has 4 N–H and O–H groups in total. The summed E-state index contributed by atoms with van der Waals surface area (Å²) in [5.74, 6) is -3.49. The van der Waals surface area contributed by atoms with Gasteiger partial charge in [-0.1, -0.05) is 81.7 Å². The first-order valence-electron chi connectivity index (χ1n) is 31.5. The van der Waals surface area contributed by atoms with E-state index in [4.69, 9.17) is 47.4 Å². The molecule has 0 radical (unpaired) electrons. The maximum atomic E-state index is 13.0. The first-order valence-corrected chi connectivity index (χ1v) is 31.5. The first-order chi connectivity index (χ1) is 43.0. The Bertz CT molecular complexity index is 2700. The first kappa shape index (κ1) is 78.3. The van der Waals surface area contributed by atoms with Crippen LogP contribution < -0.4 is 21.3 Å². The van der Waals surface area contributed by atoms with E-state index in [1.165, 1.54) is 52.0 Å². The normalized spacial score (nSPS) is 19.4. The third kappa shape index (κ3) is 30.9. The highest BCUT2D eigenvalue weighted by molar-refractivity contribution is 5.93. The number of amides is 4. The van der Waals surface area contributed by atoms with E-state index in [1.807, 2.05) is 27.7 Å². The predicted octanol–water partition coefficient (Wildman–Crippen LogP) is 10.9. The van der Waals surface area contributed by atoms with E-state index in [2.05, 4.69) is 75.3 Å². The monoisotopic (exact) mass is 1290 g/mol. The summed E-state index contributed by atoms with van der Waals surface area (Å²) in [6.07, 6.45) is 2.85. The molecule has 0 saturated heterocycles. The quantitative estimate of drug-likeness (QED) is 0.0210. The molecule has 0 bridgehead atoms. The maximum Gasteiger partial charge on any atom is 0.407 e. The maximum absolute atomic E-state index is 13.0. The highest BCUT2D eigenvalue weighted by Gasteiger charge is 2.44. The average Bonchev–Trinajstić information content (AvgIpc) is 0.841. The van der Waals surface area contributed by atoms with E-state index < -0.39 is 83.2 Å². The number of carbonyl (C=O) groups excluding carboxylic acids is 10. The largest absolute Gasteiger partial charge is 0.462 e. The molecule has 6 atom stereocenters. The van der Waals surface area contributed by atoms with Crippen molar-refractivity contribution in [1.82, 2.24) is 21.3 Å². The zero-order chi connectivity index (χ0) is 69.0. The van der Waals surface area contributed by atoms with E-state index in [1.54, 1.807) is 0 Å². The highest BCUT2D eigenvalue weighted by Crippen LogP contribution is 2.47. The van der Waals surface area contributed by atoms with Crippen molar-refractivity contribution < 1.29 is 95.3 Å².